The van der Waals surface area contributed by atoms with E-state index in [1.54, 1.807) is 42.0 Å². The maximum atomic E-state index is 12.7. The third-order valence-corrected chi connectivity index (χ3v) is 5.88. The van der Waals surface area contributed by atoms with Crippen LogP contribution >= 0.6 is 11.8 Å². The van der Waals surface area contributed by atoms with E-state index in [1.807, 2.05) is 18.2 Å². The lowest BCUT2D eigenvalue weighted by Crippen LogP contribution is -2.19. The van der Waals surface area contributed by atoms with Crippen molar-refractivity contribution in [1.82, 2.24) is 9.55 Å². The molecule has 3 aromatic carbocycles. The number of imidazole rings is 1. The van der Waals surface area contributed by atoms with Crippen LogP contribution in [-0.4, -0.2) is 39.2 Å². The van der Waals surface area contributed by atoms with E-state index in [1.165, 1.54) is 18.2 Å². The largest absolute Gasteiger partial charge is 0.495 e. The summed E-state index contributed by atoms with van der Waals surface area (Å²) < 4.78 is 7.27. The number of aromatic nitrogens is 2. The van der Waals surface area contributed by atoms with E-state index >= 15 is 0 Å². The number of benzene rings is 3. The molecule has 1 aromatic heterocycles. The first kappa shape index (κ1) is 22.8. The minimum absolute atomic E-state index is 0.0341. The van der Waals surface area contributed by atoms with Crippen molar-refractivity contribution in [3.63, 3.8) is 0 Å². The summed E-state index contributed by atoms with van der Waals surface area (Å²) in [5, 5.41) is 14.4. The molecule has 4 aromatic rings. The highest BCUT2D eigenvalue weighted by molar-refractivity contribution is 7.99. The molecule has 11 heteroatoms. The van der Waals surface area contributed by atoms with Gasteiger partial charge < -0.3 is 15.8 Å². The van der Waals surface area contributed by atoms with Crippen LogP contribution < -0.4 is 15.8 Å². The van der Waals surface area contributed by atoms with E-state index in [-0.39, 0.29) is 22.9 Å². The van der Waals surface area contributed by atoms with Gasteiger partial charge in [-0.25, -0.2) is 4.98 Å². The van der Waals surface area contributed by atoms with Crippen LogP contribution in [0.4, 0.5) is 11.4 Å². The van der Waals surface area contributed by atoms with Gasteiger partial charge >= 0.3 is 0 Å². The first-order valence-corrected chi connectivity index (χ1v) is 11.0. The number of hydrogen-bond acceptors (Lipinski definition) is 7. The average Bonchev–Trinajstić information content (AvgIpc) is 3.20. The second-order valence-corrected chi connectivity index (χ2v) is 8.02. The second-order valence-electron chi connectivity index (χ2n) is 7.08. The molecule has 0 bridgehead atoms. The Morgan fingerprint density at radius 2 is 1.88 bits per heavy atom. The Morgan fingerprint density at radius 3 is 2.62 bits per heavy atom. The smallest absolute Gasteiger partial charge is 0.271 e. The Balaban J connectivity index is 1.68. The van der Waals surface area contributed by atoms with Gasteiger partial charge in [0.15, 0.2) is 5.16 Å². The van der Waals surface area contributed by atoms with Crippen molar-refractivity contribution in [2.24, 2.45) is 5.73 Å². The van der Waals surface area contributed by atoms with Crippen molar-refractivity contribution >= 4 is 46.0 Å². The summed E-state index contributed by atoms with van der Waals surface area (Å²) in [6, 6.07) is 18.1. The minimum atomic E-state index is -0.650. The molecule has 34 heavy (non-hydrogen) atoms. The summed E-state index contributed by atoms with van der Waals surface area (Å²) in [6.07, 6.45) is 0. The maximum absolute atomic E-state index is 12.7. The quantitative estimate of drug-likeness (QED) is 0.223. The Hall–Kier alpha value is -4.38. The molecule has 0 saturated heterocycles. The Bertz CT molecular complexity index is 1420. The number of nitro groups is 1. The summed E-state index contributed by atoms with van der Waals surface area (Å²) in [5.74, 6) is -0.485. The van der Waals surface area contributed by atoms with Crippen molar-refractivity contribution in [1.29, 1.82) is 0 Å². The number of thioether (sulfide) groups is 1. The lowest BCUT2D eigenvalue weighted by atomic mass is 10.1. The third-order valence-electron chi connectivity index (χ3n) is 4.94. The number of fused-ring (bicyclic) bond motifs is 1. The zero-order valence-corrected chi connectivity index (χ0v) is 18.7. The number of hydrogen-bond donors (Lipinski definition) is 2. The first-order valence-electron chi connectivity index (χ1n) is 10.0. The number of nitrogens with two attached hydrogens (primary N) is 1. The van der Waals surface area contributed by atoms with Crippen molar-refractivity contribution in [3.8, 4) is 11.4 Å². The number of rotatable bonds is 8. The Kier molecular flexibility index (Phi) is 6.46. The zero-order valence-electron chi connectivity index (χ0n) is 17.9. The van der Waals surface area contributed by atoms with Gasteiger partial charge in [-0.3, -0.25) is 24.3 Å². The molecule has 0 fully saturated rings. The number of amides is 2. The summed E-state index contributed by atoms with van der Waals surface area (Å²) >= 11 is 1.14. The molecule has 0 saturated carbocycles. The molecule has 1 heterocycles. The topological polar surface area (TPSA) is 142 Å². The van der Waals surface area contributed by atoms with E-state index in [2.05, 4.69) is 10.3 Å². The number of nitrogens with one attached hydrogen (secondary N) is 1. The van der Waals surface area contributed by atoms with Gasteiger partial charge in [0.05, 0.1) is 45.8 Å². The van der Waals surface area contributed by atoms with Crippen LogP contribution in [0.1, 0.15) is 10.4 Å². The fraction of sp³-hybridized carbons (Fsp3) is 0.0870. The number of methoxy groups -OCH3 is 1. The number of carbonyl (C=O) groups is 2. The molecule has 4 rings (SSSR count). The normalized spacial score (nSPS) is 10.7. The Morgan fingerprint density at radius 1 is 1.15 bits per heavy atom. The molecule has 0 unspecified atom stereocenters. The highest BCUT2D eigenvalue weighted by Gasteiger charge is 2.20. The standard InChI is InChI=1S/C23H19N5O5S/c1-33-20-9-5-4-8-19(20)27-18-11-10-14(28(31)32)12-17(18)26-23(27)34-13-21(29)25-16-7-3-2-6-15(16)22(24)30/h2-12H,13H2,1H3,(H2,24,30)(H,25,29). The number of anilines is 1. The summed E-state index contributed by atoms with van der Waals surface area (Å²) in [5.41, 5.74) is 7.50. The number of primary amides is 1. The number of carbonyl (C=O) groups excluding carboxylic acids is 2. The highest BCUT2D eigenvalue weighted by atomic mass is 32.2. The number of nitro benzene ring substituents is 1. The number of para-hydroxylation sites is 3. The van der Waals surface area contributed by atoms with Gasteiger partial charge in [-0.05, 0) is 30.3 Å². The van der Waals surface area contributed by atoms with Crippen molar-refractivity contribution in [3.05, 3.63) is 82.4 Å². The molecule has 0 aliphatic heterocycles. The van der Waals surface area contributed by atoms with Crippen molar-refractivity contribution < 1.29 is 19.2 Å². The van der Waals surface area contributed by atoms with Crippen LogP contribution in [0.2, 0.25) is 0 Å². The van der Waals surface area contributed by atoms with Crippen LogP contribution in [0.25, 0.3) is 16.7 Å². The van der Waals surface area contributed by atoms with Crippen molar-refractivity contribution in [2.75, 3.05) is 18.2 Å². The molecule has 0 aliphatic carbocycles. The fourth-order valence-corrected chi connectivity index (χ4v) is 4.25. The fourth-order valence-electron chi connectivity index (χ4n) is 3.43. The molecule has 0 atom stereocenters. The zero-order chi connectivity index (χ0) is 24.2. The van der Waals surface area contributed by atoms with Crippen molar-refractivity contribution in [2.45, 2.75) is 5.16 Å². The molecular formula is C23H19N5O5S. The Labute approximate surface area is 197 Å². The predicted molar refractivity (Wildman–Crippen MR) is 129 cm³/mol. The lowest BCUT2D eigenvalue weighted by molar-refractivity contribution is -0.384. The molecule has 2 amide bonds. The summed E-state index contributed by atoms with van der Waals surface area (Å²) in [6.45, 7) is 0. The van der Waals surface area contributed by atoms with E-state index in [9.17, 15) is 19.7 Å². The number of nitrogens with zero attached hydrogens (tertiary/aromatic N) is 3. The first-order chi connectivity index (χ1) is 16.4. The van der Waals surface area contributed by atoms with Gasteiger partial charge in [0.1, 0.15) is 5.75 Å². The van der Waals surface area contributed by atoms with Gasteiger partial charge in [0.25, 0.3) is 11.6 Å². The predicted octanol–water partition coefficient (Wildman–Crippen LogP) is 3.77. The SMILES string of the molecule is COc1ccccc1-n1c(SCC(=O)Nc2ccccc2C(N)=O)nc2cc([N+](=O)[O-])ccc21. The van der Waals surface area contributed by atoms with Crippen LogP contribution in [0.15, 0.2) is 71.9 Å². The van der Waals surface area contributed by atoms with Gasteiger partial charge in [-0.2, -0.15) is 0 Å². The summed E-state index contributed by atoms with van der Waals surface area (Å²) in [7, 11) is 1.54. The highest BCUT2D eigenvalue weighted by Crippen LogP contribution is 2.34. The van der Waals surface area contributed by atoms with Gasteiger partial charge in [0.2, 0.25) is 5.91 Å². The lowest BCUT2D eigenvalue weighted by Gasteiger charge is -2.13. The molecule has 0 radical (unpaired) electrons. The molecular weight excluding hydrogens is 458 g/mol. The average molecular weight is 478 g/mol. The van der Waals surface area contributed by atoms with Crippen LogP contribution in [0, 0.1) is 10.1 Å². The molecule has 10 nitrogen and oxygen atoms in total. The molecule has 0 spiro atoms. The minimum Gasteiger partial charge on any atom is -0.495 e. The van der Waals surface area contributed by atoms with E-state index in [0.717, 1.165) is 11.8 Å². The summed E-state index contributed by atoms with van der Waals surface area (Å²) in [4.78, 5) is 39.6. The van der Waals surface area contributed by atoms with Gasteiger partial charge in [-0.15, -0.1) is 0 Å². The van der Waals surface area contributed by atoms with Crippen LogP contribution in [-0.2, 0) is 4.79 Å². The number of ether oxygens (including phenoxy) is 1. The molecule has 3 N–H and O–H groups in total. The molecule has 0 aliphatic rings. The monoisotopic (exact) mass is 477 g/mol. The van der Waals surface area contributed by atoms with Gasteiger partial charge in [-0.1, -0.05) is 36.0 Å². The number of non-ortho nitro benzene ring substituents is 1. The van der Waals surface area contributed by atoms with E-state index < -0.39 is 10.8 Å². The maximum Gasteiger partial charge on any atom is 0.271 e. The van der Waals surface area contributed by atoms with E-state index in [0.29, 0.717) is 33.3 Å². The van der Waals surface area contributed by atoms with E-state index in [4.69, 9.17) is 10.5 Å². The van der Waals surface area contributed by atoms with Crippen LogP contribution in [0.5, 0.6) is 5.75 Å². The van der Waals surface area contributed by atoms with Crippen LogP contribution in [0.3, 0.4) is 0 Å². The van der Waals surface area contributed by atoms with Gasteiger partial charge in [0, 0.05) is 12.1 Å². The second kappa shape index (κ2) is 9.63. The molecule has 172 valence electrons. The third kappa shape index (κ3) is 4.55.